The molecular formula is C16H19BrN2O. The van der Waals surface area contributed by atoms with Crippen molar-refractivity contribution in [1.82, 2.24) is 4.98 Å². The molecule has 0 saturated heterocycles. The standard InChI is InChI=1S/C16H19BrN2O/c1-11(2)14-9-13(17)4-5-15(14)20-16-6-3-12(7-8-18)10-19-16/h3-6,9-11H,7-8,18H2,1-2H3. The van der Waals surface area contributed by atoms with Crippen molar-refractivity contribution >= 4 is 15.9 Å². The lowest BCUT2D eigenvalue weighted by Crippen LogP contribution is -2.03. The van der Waals surface area contributed by atoms with Crippen molar-refractivity contribution < 1.29 is 4.74 Å². The van der Waals surface area contributed by atoms with Crippen LogP contribution in [0.2, 0.25) is 0 Å². The molecular weight excluding hydrogens is 316 g/mol. The van der Waals surface area contributed by atoms with Crippen molar-refractivity contribution in [3.05, 3.63) is 52.1 Å². The lowest BCUT2D eigenvalue weighted by atomic mass is 10.0. The van der Waals surface area contributed by atoms with E-state index in [9.17, 15) is 0 Å². The molecule has 0 spiro atoms. The number of nitrogens with two attached hydrogens (primary N) is 1. The van der Waals surface area contributed by atoms with E-state index in [0.717, 1.165) is 27.8 Å². The Morgan fingerprint density at radius 2 is 2.05 bits per heavy atom. The zero-order valence-corrected chi connectivity index (χ0v) is 13.4. The van der Waals surface area contributed by atoms with E-state index >= 15 is 0 Å². The summed E-state index contributed by atoms with van der Waals surface area (Å²) in [7, 11) is 0. The van der Waals surface area contributed by atoms with E-state index in [2.05, 4.69) is 40.8 Å². The molecule has 0 fully saturated rings. The fourth-order valence-corrected chi connectivity index (χ4v) is 2.34. The van der Waals surface area contributed by atoms with Gasteiger partial charge in [-0.2, -0.15) is 0 Å². The monoisotopic (exact) mass is 334 g/mol. The highest BCUT2D eigenvalue weighted by molar-refractivity contribution is 9.10. The van der Waals surface area contributed by atoms with Gasteiger partial charge < -0.3 is 10.5 Å². The Morgan fingerprint density at radius 1 is 1.25 bits per heavy atom. The number of hydrogen-bond acceptors (Lipinski definition) is 3. The van der Waals surface area contributed by atoms with Crippen molar-refractivity contribution in [2.24, 2.45) is 5.73 Å². The Labute approximate surface area is 128 Å². The maximum Gasteiger partial charge on any atom is 0.219 e. The first kappa shape index (κ1) is 15.0. The number of aromatic nitrogens is 1. The Morgan fingerprint density at radius 3 is 2.65 bits per heavy atom. The van der Waals surface area contributed by atoms with Crippen LogP contribution in [-0.4, -0.2) is 11.5 Å². The molecule has 0 aliphatic heterocycles. The molecule has 20 heavy (non-hydrogen) atoms. The molecule has 0 radical (unpaired) electrons. The Kier molecular flexibility index (Phi) is 5.15. The summed E-state index contributed by atoms with van der Waals surface area (Å²) in [6.07, 6.45) is 2.65. The summed E-state index contributed by atoms with van der Waals surface area (Å²) in [6, 6.07) is 9.92. The van der Waals surface area contributed by atoms with Gasteiger partial charge in [-0.15, -0.1) is 0 Å². The normalized spacial score (nSPS) is 10.8. The first-order chi connectivity index (χ1) is 9.60. The van der Waals surface area contributed by atoms with Crippen molar-refractivity contribution in [2.75, 3.05) is 6.54 Å². The third-order valence-electron chi connectivity index (χ3n) is 3.04. The molecule has 0 bridgehead atoms. The molecule has 0 amide bonds. The van der Waals surface area contributed by atoms with Crippen LogP contribution in [-0.2, 0) is 6.42 Å². The number of rotatable bonds is 5. The summed E-state index contributed by atoms with van der Waals surface area (Å²) < 4.78 is 6.95. The van der Waals surface area contributed by atoms with E-state index in [-0.39, 0.29) is 0 Å². The van der Waals surface area contributed by atoms with Crippen molar-refractivity contribution in [3.8, 4) is 11.6 Å². The van der Waals surface area contributed by atoms with Crippen LogP contribution in [0.1, 0.15) is 30.9 Å². The van der Waals surface area contributed by atoms with Crippen molar-refractivity contribution in [3.63, 3.8) is 0 Å². The van der Waals surface area contributed by atoms with E-state index in [0.29, 0.717) is 18.3 Å². The highest BCUT2D eigenvalue weighted by Gasteiger charge is 2.10. The van der Waals surface area contributed by atoms with Crippen LogP contribution in [0.5, 0.6) is 11.6 Å². The number of ether oxygens (including phenoxy) is 1. The predicted octanol–water partition coefficient (Wildman–Crippen LogP) is 4.26. The third-order valence-corrected chi connectivity index (χ3v) is 3.53. The van der Waals surface area contributed by atoms with E-state index < -0.39 is 0 Å². The minimum absolute atomic E-state index is 0.388. The fraction of sp³-hybridized carbons (Fsp3) is 0.312. The molecule has 0 saturated carbocycles. The minimum Gasteiger partial charge on any atom is -0.439 e. The minimum atomic E-state index is 0.388. The molecule has 0 unspecified atom stereocenters. The Balaban J connectivity index is 2.21. The molecule has 0 atom stereocenters. The molecule has 1 heterocycles. The van der Waals surface area contributed by atoms with Crippen LogP contribution in [0.3, 0.4) is 0 Å². The molecule has 0 aliphatic carbocycles. The summed E-state index contributed by atoms with van der Waals surface area (Å²) in [5.41, 5.74) is 7.81. The van der Waals surface area contributed by atoms with Gasteiger partial charge in [-0.25, -0.2) is 4.98 Å². The molecule has 1 aromatic heterocycles. The van der Waals surface area contributed by atoms with Gasteiger partial charge in [-0.3, -0.25) is 0 Å². The summed E-state index contributed by atoms with van der Waals surface area (Å²) in [6.45, 7) is 4.92. The first-order valence-electron chi connectivity index (χ1n) is 6.72. The van der Waals surface area contributed by atoms with Gasteiger partial charge >= 0.3 is 0 Å². The zero-order chi connectivity index (χ0) is 14.5. The average molecular weight is 335 g/mol. The Hall–Kier alpha value is -1.39. The second kappa shape index (κ2) is 6.86. The number of pyridine rings is 1. The van der Waals surface area contributed by atoms with Crippen LogP contribution in [0.4, 0.5) is 0 Å². The molecule has 3 nitrogen and oxygen atoms in total. The quantitative estimate of drug-likeness (QED) is 0.888. The fourth-order valence-electron chi connectivity index (χ4n) is 1.96. The molecule has 0 aliphatic rings. The smallest absolute Gasteiger partial charge is 0.219 e. The lowest BCUT2D eigenvalue weighted by Gasteiger charge is -2.13. The van der Waals surface area contributed by atoms with Gasteiger partial charge in [0.25, 0.3) is 0 Å². The lowest BCUT2D eigenvalue weighted by molar-refractivity contribution is 0.454. The van der Waals surface area contributed by atoms with Crippen LogP contribution >= 0.6 is 15.9 Å². The van der Waals surface area contributed by atoms with Crippen LogP contribution in [0, 0.1) is 0 Å². The summed E-state index contributed by atoms with van der Waals surface area (Å²) in [5.74, 6) is 1.84. The maximum atomic E-state index is 5.90. The van der Waals surface area contributed by atoms with Gasteiger partial charge in [0.05, 0.1) is 0 Å². The van der Waals surface area contributed by atoms with Crippen LogP contribution in [0.15, 0.2) is 41.0 Å². The van der Waals surface area contributed by atoms with Gasteiger partial charge in [-0.1, -0.05) is 35.8 Å². The van der Waals surface area contributed by atoms with E-state index in [1.54, 1.807) is 0 Å². The Bertz CT molecular complexity index is 567. The topological polar surface area (TPSA) is 48.1 Å². The van der Waals surface area contributed by atoms with E-state index in [1.807, 2.05) is 30.5 Å². The van der Waals surface area contributed by atoms with Gasteiger partial charge in [-0.05, 0) is 48.2 Å². The molecule has 2 rings (SSSR count). The molecule has 1 aromatic carbocycles. The average Bonchev–Trinajstić information content (AvgIpc) is 2.43. The maximum absolute atomic E-state index is 5.90. The molecule has 4 heteroatoms. The second-order valence-electron chi connectivity index (χ2n) is 4.98. The van der Waals surface area contributed by atoms with E-state index in [4.69, 9.17) is 10.5 Å². The van der Waals surface area contributed by atoms with Gasteiger partial charge in [0.2, 0.25) is 5.88 Å². The van der Waals surface area contributed by atoms with Gasteiger partial charge in [0, 0.05) is 16.7 Å². The molecule has 106 valence electrons. The molecule has 2 N–H and O–H groups in total. The largest absolute Gasteiger partial charge is 0.439 e. The third kappa shape index (κ3) is 3.81. The zero-order valence-electron chi connectivity index (χ0n) is 11.8. The number of benzene rings is 1. The predicted molar refractivity (Wildman–Crippen MR) is 85.3 cm³/mol. The van der Waals surface area contributed by atoms with Gasteiger partial charge in [0.1, 0.15) is 5.75 Å². The summed E-state index contributed by atoms with van der Waals surface area (Å²) in [4.78, 5) is 4.33. The molecule has 2 aromatic rings. The first-order valence-corrected chi connectivity index (χ1v) is 7.51. The summed E-state index contributed by atoms with van der Waals surface area (Å²) >= 11 is 3.49. The second-order valence-corrected chi connectivity index (χ2v) is 5.90. The van der Waals surface area contributed by atoms with Crippen LogP contribution < -0.4 is 10.5 Å². The highest BCUT2D eigenvalue weighted by atomic mass is 79.9. The highest BCUT2D eigenvalue weighted by Crippen LogP contribution is 2.32. The number of halogens is 1. The van der Waals surface area contributed by atoms with Crippen molar-refractivity contribution in [1.29, 1.82) is 0 Å². The van der Waals surface area contributed by atoms with E-state index in [1.165, 1.54) is 0 Å². The number of nitrogens with zero attached hydrogens (tertiary/aromatic N) is 1. The van der Waals surface area contributed by atoms with Crippen molar-refractivity contribution in [2.45, 2.75) is 26.2 Å². The SMILES string of the molecule is CC(C)c1cc(Br)ccc1Oc1ccc(CCN)cn1. The summed E-state index contributed by atoms with van der Waals surface area (Å²) in [5, 5.41) is 0. The van der Waals surface area contributed by atoms with Crippen LogP contribution in [0.25, 0.3) is 0 Å². The number of hydrogen-bond donors (Lipinski definition) is 1. The van der Waals surface area contributed by atoms with Gasteiger partial charge in [0.15, 0.2) is 0 Å².